The molecule has 0 fully saturated rings. The summed E-state index contributed by atoms with van der Waals surface area (Å²) in [6.45, 7) is 6.78. The van der Waals surface area contributed by atoms with Crippen LogP contribution in [0, 0.1) is 12.7 Å². The number of benzene rings is 3. The summed E-state index contributed by atoms with van der Waals surface area (Å²) in [6.07, 6.45) is 0.579. The maximum Gasteiger partial charge on any atom is 0.337 e. The molecule has 37 heavy (non-hydrogen) atoms. The zero-order chi connectivity index (χ0) is 26.8. The molecule has 0 unspecified atom stereocenters. The topological polar surface area (TPSA) is 77.0 Å². The standard InChI is InChI=1S/C30H36FNO5/c1-21-9-10-22(17-27(21)31)18-30(2,3)32-19-25(33)20-36-16-15-23-7-5-6-8-28(23)37-26-13-11-24(12-14-26)29(34)35-4/h5-14,17,25,32-33H,15-16,18-20H2,1-4H3/t25-/m1/s1. The van der Waals surface area contributed by atoms with E-state index in [0.29, 0.717) is 48.6 Å². The molecule has 3 aromatic carbocycles. The van der Waals surface area contributed by atoms with Gasteiger partial charge in [-0.1, -0.05) is 30.3 Å². The second-order valence-electron chi connectivity index (χ2n) is 9.73. The summed E-state index contributed by atoms with van der Waals surface area (Å²) in [6, 6.07) is 19.7. The van der Waals surface area contributed by atoms with E-state index in [0.717, 1.165) is 11.1 Å². The number of methoxy groups -OCH3 is 1. The molecule has 0 aliphatic carbocycles. The molecule has 0 saturated heterocycles. The fourth-order valence-corrected chi connectivity index (χ4v) is 3.89. The Kier molecular flexibility index (Phi) is 10.2. The normalized spacial score (nSPS) is 12.3. The van der Waals surface area contributed by atoms with E-state index in [9.17, 15) is 14.3 Å². The van der Waals surface area contributed by atoms with E-state index < -0.39 is 12.1 Å². The van der Waals surface area contributed by atoms with Gasteiger partial charge in [0.05, 0.1) is 32.0 Å². The molecule has 1 atom stereocenters. The Hall–Kier alpha value is -3.26. The fraction of sp³-hybridized carbons (Fsp3) is 0.367. The van der Waals surface area contributed by atoms with Gasteiger partial charge in [-0.3, -0.25) is 0 Å². The molecule has 0 aliphatic heterocycles. The minimum atomic E-state index is -0.672. The Bertz CT molecular complexity index is 1160. The van der Waals surface area contributed by atoms with Crippen LogP contribution in [0.3, 0.4) is 0 Å². The number of ether oxygens (including phenoxy) is 3. The average Bonchev–Trinajstić information content (AvgIpc) is 2.88. The lowest BCUT2D eigenvalue weighted by Crippen LogP contribution is -2.46. The van der Waals surface area contributed by atoms with E-state index in [4.69, 9.17) is 14.2 Å². The average molecular weight is 510 g/mol. The third-order valence-corrected chi connectivity index (χ3v) is 6.00. The molecule has 0 bridgehead atoms. The molecule has 0 heterocycles. The van der Waals surface area contributed by atoms with Crippen LogP contribution in [0.15, 0.2) is 66.7 Å². The summed E-state index contributed by atoms with van der Waals surface area (Å²) in [5, 5.41) is 13.7. The van der Waals surface area contributed by atoms with Gasteiger partial charge >= 0.3 is 5.97 Å². The first kappa shape index (κ1) is 28.3. The number of β-amino-alcohol motifs (C(OH)–C–C–N with tert-alkyl or cyclic N) is 1. The van der Waals surface area contributed by atoms with Gasteiger partial charge in [-0.25, -0.2) is 9.18 Å². The molecule has 7 heteroatoms. The van der Waals surface area contributed by atoms with Crippen molar-refractivity contribution >= 4 is 5.97 Å². The van der Waals surface area contributed by atoms with Crippen LogP contribution in [0.2, 0.25) is 0 Å². The van der Waals surface area contributed by atoms with Gasteiger partial charge < -0.3 is 24.6 Å². The first-order valence-corrected chi connectivity index (χ1v) is 12.4. The summed E-state index contributed by atoms with van der Waals surface area (Å²) < 4.78 is 30.3. The van der Waals surface area contributed by atoms with E-state index in [-0.39, 0.29) is 18.0 Å². The van der Waals surface area contributed by atoms with Crippen molar-refractivity contribution < 1.29 is 28.5 Å². The second kappa shape index (κ2) is 13.3. The number of aryl methyl sites for hydroxylation is 1. The van der Waals surface area contributed by atoms with Crippen molar-refractivity contribution in [1.29, 1.82) is 0 Å². The summed E-state index contributed by atoms with van der Waals surface area (Å²) in [4.78, 5) is 11.6. The maximum atomic E-state index is 13.9. The molecule has 0 saturated carbocycles. The second-order valence-corrected chi connectivity index (χ2v) is 9.73. The number of hydrogen-bond acceptors (Lipinski definition) is 6. The molecular formula is C30H36FNO5. The highest BCUT2D eigenvalue weighted by molar-refractivity contribution is 5.89. The molecule has 2 N–H and O–H groups in total. The fourth-order valence-electron chi connectivity index (χ4n) is 3.89. The van der Waals surface area contributed by atoms with Gasteiger partial charge in [-0.05, 0) is 86.7 Å². The summed E-state index contributed by atoms with van der Waals surface area (Å²) >= 11 is 0. The zero-order valence-corrected chi connectivity index (χ0v) is 21.9. The van der Waals surface area contributed by atoms with Gasteiger partial charge in [-0.15, -0.1) is 0 Å². The van der Waals surface area contributed by atoms with Crippen molar-refractivity contribution in [3.8, 4) is 11.5 Å². The summed E-state index contributed by atoms with van der Waals surface area (Å²) in [7, 11) is 1.34. The lowest BCUT2D eigenvalue weighted by atomic mass is 9.94. The quantitative estimate of drug-likeness (QED) is 0.242. The highest BCUT2D eigenvalue weighted by Gasteiger charge is 2.20. The van der Waals surface area contributed by atoms with Crippen LogP contribution >= 0.6 is 0 Å². The van der Waals surface area contributed by atoms with Crippen molar-refractivity contribution in [3.05, 3.63) is 94.8 Å². The SMILES string of the molecule is COC(=O)c1ccc(Oc2ccccc2CCOC[C@H](O)CNC(C)(C)Cc2ccc(C)c(F)c2)cc1. The number of aliphatic hydroxyl groups is 1. The number of hydrogen-bond donors (Lipinski definition) is 2. The van der Waals surface area contributed by atoms with Crippen molar-refractivity contribution in [2.45, 2.75) is 45.3 Å². The number of esters is 1. The summed E-state index contributed by atoms with van der Waals surface area (Å²) in [5.74, 6) is 0.712. The third-order valence-electron chi connectivity index (χ3n) is 6.00. The first-order chi connectivity index (χ1) is 17.7. The largest absolute Gasteiger partial charge is 0.465 e. The molecule has 3 aromatic rings. The van der Waals surface area contributed by atoms with Gasteiger partial charge in [0.15, 0.2) is 0 Å². The van der Waals surface area contributed by atoms with Crippen molar-refractivity contribution in [1.82, 2.24) is 5.32 Å². The van der Waals surface area contributed by atoms with Crippen LogP contribution in [0.1, 0.15) is 40.9 Å². The van der Waals surface area contributed by atoms with E-state index in [1.165, 1.54) is 7.11 Å². The Morgan fingerprint density at radius 1 is 1.08 bits per heavy atom. The van der Waals surface area contributed by atoms with Crippen LogP contribution < -0.4 is 10.1 Å². The summed E-state index contributed by atoms with van der Waals surface area (Å²) in [5.41, 5.74) is 2.65. The molecule has 6 nitrogen and oxygen atoms in total. The third kappa shape index (κ3) is 8.97. The van der Waals surface area contributed by atoms with Crippen LogP contribution in [-0.4, -0.2) is 49.6 Å². The molecule has 0 radical (unpaired) electrons. The Balaban J connectivity index is 1.42. The molecular weight excluding hydrogens is 473 g/mol. The zero-order valence-electron chi connectivity index (χ0n) is 21.9. The number of para-hydroxylation sites is 1. The van der Waals surface area contributed by atoms with E-state index in [2.05, 4.69) is 5.32 Å². The van der Waals surface area contributed by atoms with Crippen LogP contribution in [0.4, 0.5) is 4.39 Å². The Morgan fingerprint density at radius 3 is 2.51 bits per heavy atom. The van der Waals surface area contributed by atoms with Gasteiger partial charge in [0.1, 0.15) is 17.3 Å². The minimum Gasteiger partial charge on any atom is -0.465 e. The van der Waals surface area contributed by atoms with E-state index >= 15 is 0 Å². The molecule has 0 amide bonds. The molecule has 3 rings (SSSR count). The van der Waals surface area contributed by atoms with E-state index in [1.54, 1.807) is 43.3 Å². The number of aliphatic hydroxyl groups excluding tert-OH is 1. The number of carbonyl (C=O) groups excluding carboxylic acids is 1. The predicted molar refractivity (Wildman–Crippen MR) is 142 cm³/mol. The van der Waals surface area contributed by atoms with Crippen LogP contribution in [-0.2, 0) is 22.3 Å². The van der Waals surface area contributed by atoms with Gasteiger partial charge in [0, 0.05) is 12.1 Å². The molecule has 198 valence electrons. The van der Waals surface area contributed by atoms with Gasteiger partial charge in [0.2, 0.25) is 0 Å². The number of nitrogens with one attached hydrogen (secondary N) is 1. The monoisotopic (exact) mass is 509 g/mol. The van der Waals surface area contributed by atoms with Crippen molar-refractivity contribution in [2.75, 3.05) is 26.9 Å². The van der Waals surface area contributed by atoms with Crippen molar-refractivity contribution in [3.63, 3.8) is 0 Å². The smallest absolute Gasteiger partial charge is 0.337 e. The van der Waals surface area contributed by atoms with Gasteiger partial charge in [0.25, 0.3) is 0 Å². The van der Waals surface area contributed by atoms with Crippen LogP contribution in [0.5, 0.6) is 11.5 Å². The molecule has 0 spiro atoms. The number of halogens is 1. The first-order valence-electron chi connectivity index (χ1n) is 12.4. The number of rotatable bonds is 13. The van der Waals surface area contributed by atoms with Gasteiger partial charge in [-0.2, -0.15) is 0 Å². The predicted octanol–water partition coefficient (Wildman–Crippen LogP) is 5.24. The maximum absolute atomic E-state index is 13.9. The molecule has 0 aliphatic rings. The molecule has 0 aromatic heterocycles. The lowest BCUT2D eigenvalue weighted by Gasteiger charge is -2.28. The highest BCUT2D eigenvalue weighted by Crippen LogP contribution is 2.26. The Labute approximate surface area is 218 Å². The Morgan fingerprint density at radius 2 is 1.81 bits per heavy atom. The van der Waals surface area contributed by atoms with E-state index in [1.807, 2.05) is 44.2 Å². The van der Waals surface area contributed by atoms with Crippen molar-refractivity contribution in [2.24, 2.45) is 0 Å². The highest BCUT2D eigenvalue weighted by atomic mass is 19.1. The number of carbonyl (C=O) groups is 1. The van der Waals surface area contributed by atoms with Crippen LogP contribution in [0.25, 0.3) is 0 Å². The minimum absolute atomic E-state index is 0.195. The lowest BCUT2D eigenvalue weighted by molar-refractivity contribution is 0.0347.